The average molecular weight is 306 g/mol. The molecule has 0 heterocycles. The second kappa shape index (κ2) is 6.16. The minimum Gasteiger partial charge on any atom is -0.349 e. The van der Waals surface area contributed by atoms with E-state index in [9.17, 15) is 17.6 Å². The van der Waals surface area contributed by atoms with Crippen LogP contribution in [0.5, 0.6) is 0 Å². The minimum absolute atomic E-state index is 0.194. The van der Waals surface area contributed by atoms with Gasteiger partial charge >= 0.3 is 0 Å². The molecular weight excluding hydrogens is 293 g/mol. The highest BCUT2D eigenvalue weighted by Crippen LogP contribution is 2.18. The number of benzene rings is 1. The van der Waals surface area contributed by atoms with E-state index in [0.29, 0.717) is 6.42 Å². The van der Waals surface area contributed by atoms with Gasteiger partial charge in [-0.1, -0.05) is 6.08 Å². The Labute approximate surface area is 115 Å². The molecular formula is C12H13ClFNO3S. The van der Waals surface area contributed by atoms with Crippen molar-refractivity contribution in [2.24, 2.45) is 0 Å². The second-order valence-corrected chi connectivity index (χ2v) is 6.54. The van der Waals surface area contributed by atoms with Crippen LogP contribution in [0, 0.1) is 5.82 Å². The van der Waals surface area contributed by atoms with Crippen molar-refractivity contribution in [1.82, 2.24) is 5.32 Å². The third-order valence-electron chi connectivity index (χ3n) is 2.36. The van der Waals surface area contributed by atoms with Crippen molar-refractivity contribution in [1.29, 1.82) is 0 Å². The molecule has 0 saturated carbocycles. The van der Waals surface area contributed by atoms with E-state index in [2.05, 4.69) is 11.9 Å². The van der Waals surface area contributed by atoms with Crippen LogP contribution in [0.4, 0.5) is 4.39 Å². The number of halogens is 2. The molecule has 0 saturated heterocycles. The lowest BCUT2D eigenvalue weighted by Crippen LogP contribution is -2.32. The first kappa shape index (κ1) is 15.7. The Morgan fingerprint density at radius 3 is 2.68 bits per heavy atom. The number of carbonyl (C=O) groups is 1. The third kappa shape index (κ3) is 4.33. The van der Waals surface area contributed by atoms with Gasteiger partial charge in [-0.2, -0.15) is 0 Å². The van der Waals surface area contributed by atoms with E-state index in [1.54, 1.807) is 13.0 Å². The maximum Gasteiger partial charge on any atom is 0.261 e. The van der Waals surface area contributed by atoms with Crippen LogP contribution < -0.4 is 5.32 Å². The predicted octanol–water partition coefficient (Wildman–Crippen LogP) is 2.45. The fraction of sp³-hybridized carbons (Fsp3) is 0.250. The zero-order chi connectivity index (χ0) is 14.6. The van der Waals surface area contributed by atoms with Gasteiger partial charge in [-0.25, -0.2) is 12.8 Å². The average Bonchev–Trinajstić information content (AvgIpc) is 2.27. The Bertz CT molecular complexity index is 601. The van der Waals surface area contributed by atoms with Crippen LogP contribution in [0.1, 0.15) is 23.7 Å². The molecule has 0 aliphatic rings. The fourth-order valence-electron chi connectivity index (χ4n) is 1.44. The lowest BCUT2D eigenvalue weighted by molar-refractivity contribution is 0.0936. The summed E-state index contributed by atoms with van der Waals surface area (Å²) >= 11 is 0. The van der Waals surface area contributed by atoms with Crippen LogP contribution in [-0.4, -0.2) is 20.4 Å². The van der Waals surface area contributed by atoms with Crippen LogP contribution >= 0.6 is 10.7 Å². The first-order valence-corrected chi connectivity index (χ1v) is 7.72. The van der Waals surface area contributed by atoms with Gasteiger partial charge in [0.25, 0.3) is 15.0 Å². The summed E-state index contributed by atoms with van der Waals surface area (Å²) in [7, 11) is 1.07. The number of carbonyl (C=O) groups excluding carboxylic acids is 1. The molecule has 1 aromatic rings. The summed E-state index contributed by atoms with van der Waals surface area (Å²) < 4.78 is 35.7. The standard InChI is InChI=1S/C12H13ClFNO3S/c1-3-4-8(2)15-12(16)10-6-5-9(7-11(10)14)19(13,17)18/h3,5-8H,1,4H2,2H3,(H,15,16). The summed E-state index contributed by atoms with van der Waals surface area (Å²) in [5.41, 5.74) is -0.236. The summed E-state index contributed by atoms with van der Waals surface area (Å²) in [5, 5.41) is 2.56. The van der Waals surface area contributed by atoms with E-state index >= 15 is 0 Å². The largest absolute Gasteiger partial charge is 0.349 e. The van der Waals surface area contributed by atoms with Gasteiger partial charge in [-0.05, 0) is 31.5 Å². The molecule has 0 radical (unpaired) electrons. The first-order valence-electron chi connectivity index (χ1n) is 5.41. The molecule has 0 spiro atoms. The highest BCUT2D eigenvalue weighted by atomic mass is 35.7. The zero-order valence-electron chi connectivity index (χ0n) is 10.2. The van der Waals surface area contributed by atoms with E-state index in [-0.39, 0.29) is 16.5 Å². The third-order valence-corrected chi connectivity index (χ3v) is 3.72. The van der Waals surface area contributed by atoms with Crippen molar-refractivity contribution in [3.63, 3.8) is 0 Å². The molecule has 0 aromatic heterocycles. The van der Waals surface area contributed by atoms with Crippen molar-refractivity contribution >= 4 is 25.6 Å². The quantitative estimate of drug-likeness (QED) is 0.671. The molecule has 1 atom stereocenters. The van der Waals surface area contributed by atoms with Crippen LogP contribution in [0.25, 0.3) is 0 Å². The minimum atomic E-state index is -4.01. The van der Waals surface area contributed by atoms with Crippen molar-refractivity contribution in [3.05, 3.63) is 42.2 Å². The summed E-state index contributed by atoms with van der Waals surface area (Å²) in [6.45, 7) is 5.28. The molecule has 1 N–H and O–H groups in total. The second-order valence-electron chi connectivity index (χ2n) is 3.98. The molecule has 0 fully saturated rings. The molecule has 104 valence electrons. The maximum absolute atomic E-state index is 13.7. The van der Waals surface area contributed by atoms with Gasteiger partial charge < -0.3 is 5.32 Å². The van der Waals surface area contributed by atoms with E-state index in [1.807, 2.05) is 0 Å². The molecule has 0 bridgehead atoms. The molecule has 0 aliphatic heterocycles. The molecule has 1 unspecified atom stereocenters. The van der Waals surface area contributed by atoms with E-state index in [4.69, 9.17) is 10.7 Å². The van der Waals surface area contributed by atoms with Crippen molar-refractivity contribution in [3.8, 4) is 0 Å². The number of nitrogens with one attached hydrogen (secondary N) is 1. The van der Waals surface area contributed by atoms with Crippen LogP contribution in [0.2, 0.25) is 0 Å². The lowest BCUT2D eigenvalue weighted by atomic mass is 10.1. The topological polar surface area (TPSA) is 63.2 Å². The van der Waals surface area contributed by atoms with Crippen molar-refractivity contribution in [2.45, 2.75) is 24.3 Å². The maximum atomic E-state index is 13.7. The van der Waals surface area contributed by atoms with Gasteiger partial charge in [0.1, 0.15) is 5.82 Å². The summed E-state index contributed by atoms with van der Waals surface area (Å²) in [6, 6.07) is 2.69. The normalized spacial score (nSPS) is 12.8. The van der Waals surface area contributed by atoms with Crippen LogP contribution in [0.15, 0.2) is 35.7 Å². The monoisotopic (exact) mass is 305 g/mol. The molecule has 4 nitrogen and oxygen atoms in total. The van der Waals surface area contributed by atoms with Gasteiger partial charge in [0, 0.05) is 16.7 Å². The van der Waals surface area contributed by atoms with Crippen molar-refractivity contribution < 1.29 is 17.6 Å². The number of rotatable bonds is 5. The highest BCUT2D eigenvalue weighted by molar-refractivity contribution is 8.13. The van der Waals surface area contributed by atoms with E-state index < -0.39 is 20.8 Å². The molecule has 7 heteroatoms. The summed E-state index contributed by atoms with van der Waals surface area (Å²) in [4.78, 5) is 11.4. The van der Waals surface area contributed by atoms with Gasteiger partial charge in [-0.3, -0.25) is 4.79 Å². The Balaban J connectivity index is 2.97. The van der Waals surface area contributed by atoms with Gasteiger partial charge in [0.05, 0.1) is 10.5 Å². The van der Waals surface area contributed by atoms with Gasteiger partial charge in [-0.15, -0.1) is 6.58 Å². The molecule has 1 amide bonds. The lowest BCUT2D eigenvalue weighted by Gasteiger charge is -2.12. The first-order chi connectivity index (χ1) is 8.75. The number of amides is 1. The van der Waals surface area contributed by atoms with E-state index in [1.165, 1.54) is 0 Å². The fourth-order valence-corrected chi connectivity index (χ4v) is 2.20. The van der Waals surface area contributed by atoms with Crippen LogP contribution in [-0.2, 0) is 9.05 Å². The van der Waals surface area contributed by atoms with Crippen molar-refractivity contribution in [2.75, 3.05) is 0 Å². The summed E-state index contributed by atoms with van der Waals surface area (Å²) in [5.74, 6) is -1.56. The highest BCUT2D eigenvalue weighted by Gasteiger charge is 2.17. The number of hydrogen-bond acceptors (Lipinski definition) is 3. The molecule has 1 rings (SSSR count). The summed E-state index contributed by atoms with van der Waals surface area (Å²) in [6.07, 6.45) is 2.17. The molecule has 19 heavy (non-hydrogen) atoms. The predicted molar refractivity (Wildman–Crippen MR) is 71.2 cm³/mol. The number of hydrogen-bond donors (Lipinski definition) is 1. The molecule has 1 aromatic carbocycles. The molecule has 0 aliphatic carbocycles. The smallest absolute Gasteiger partial charge is 0.261 e. The Morgan fingerprint density at radius 2 is 2.21 bits per heavy atom. The zero-order valence-corrected chi connectivity index (χ0v) is 11.8. The van der Waals surface area contributed by atoms with Crippen LogP contribution in [0.3, 0.4) is 0 Å². The van der Waals surface area contributed by atoms with Gasteiger partial charge in [0.15, 0.2) is 0 Å². The SMILES string of the molecule is C=CCC(C)NC(=O)c1ccc(S(=O)(=O)Cl)cc1F. The Hall–Kier alpha value is -1.40. The van der Waals surface area contributed by atoms with Gasteiger partial charge in [0.2, 0.25) is 0 Å². The van der Waals surface area contributed by atoms with E-state index in [0.717, 1.165) is 18.2 Å². The Morgan fingerprint density at radius 1 is 1.58 bits per heavy atom. The Kier molecular flexibility index (Phi) is 5.08.